The van der Waals surface area contributed by atoms with E-state index in [1.165, 1.54) is 0 Å². The molecule has 2 unspecified atom stereocenters. The Morgan fingerprint density at radius 1 is 1.28 bits per heavy atom. The third-order valence-electron chi connectivity index (χ3n) is 3.06. The second-order valence-corrected chi connectivity index (χ2v) is 4.52. The number of benzene rings is 1. The number of nitrogens with zero attached hydrogens (tertiary/aromatic N) is 2. The largest absolute Gasteiger partial charge is 0.339 e. The highest BCUT2D eigenvalue weighted by atomic mass is 16.5. The molecule has 4 heteroatoms. The Labute approximate surface area is 107 Å². The highest BCUT2D eigenvalue weighted by Crippen LogP contribution is 2.23. The van der Waals surface area contributed by atoms with Gasteiger partial charge in [0, 0.05) is 0 Å². The average molecular weight is 245 g/mol. The third-order valence-corrected chi connectivity index (χ3v) is 3.06. The van der Waals surface area contributed by atoms with Crippen molar-refractivity contribution >= 4 is 0 Å². The van der Waals surface area contributed by atoms with E-state index in [4.69, 9.17) is 10.3 Å². The molecule has 18 heavy (non-hydrogen) atoms. The van der Waals surface area contributed by atoms with Gasteiger partial charge in [0.2, 0.25) is 5.89 Å². The lowest BCUT2D eigenvalue weighted by Crippen LogP contribution is -2.11. The Hall–Kier alpha value is -1.68. The van der Waals surface area contributed by atoms with Crippen LogP contribution >= 0.6 is 0 Å². The topological polar surface area (TPSA) is 64.9 Å². The summed E-state index contributed by atoms with van der Waals surface area (Å²) in [6.45, 7) is 4.14. The quantitative estimate of drug-likeness (QED) is 0.879. The van der Waals surface area contributed by atoms with Crippen molar-refractivity contribution in [2.75, 3.05) is 0 Å². The summed E-state index contributed by atoms with van der Waals surface area (Å²) in [5.74, 6) is 1.33. The van der Waals surface area contributed by atoms with Crippen molar-refractivity contribution in [1.82, 2.24) is 10.1 Å². The molecule has 0 aliphatic heterocycles. The molecule has 2 aromatic rings. The minimum Gasteiger partial charge on any atom is -0.339 e. The van der Waals surface area contributed by atoms with Gasteiger partial charge in [-0.3, -0.25) is 0 Å². The van der Waals surface area contributed by atoms with Crippen molar-refractivity contribution in [2.45, 2.75) is 38.6 Å². The van der Waals surface area contributed by atoms with Crippen molar-refractivity contribution in [2.24, 2.45) is 5.73 Å². The fourth-order valence-corrected chi connectivity index (χ4v) is 1.90. The van der Waals surface area contributed by atoms with E-state index < -0.39 is 0 Å². The van der Waals surface area contributed by atoms with Gasteiger partial charge in [0.25, 0.3) is 0 Å². The summed E-state index contributed by atoms with van der Waals surface area (Å²) < 4.78 is 5.31. The summed E-state index contributed by atoms with van der Waals surface area (Å²) in [5.41, 5.74) is 7.14. The molecule has 0 aliphatic rings. The maximum absolute atomic E-state index is 5.97. The van der Waals surface area contributed by atoms with Gasteiger partial charge in [0.1, 0.15) is 0 Å². The van der Waals surface area contributed by atoms with E-state index >= 15 is 0 Å². The Bertz CT molecular complexity index is 481. The zero-order valence-corrected chi connectivity index (χ0v) is 10.8. The molecule has 0 spiro atoms. The molecule has 0 fully saturated rings. The number of hydrogen-bond donors (Lipinski definition) is 1. The Balaban J connectivity index is 2.15. The summed E-state index contributed by atoms with van der Waals surface area (Å²) in [7, 11) is 0. The Kier molecular flexibility index (Phi) is 4.10. The van der Waals surface area contributed by atoms with Gasteiger partial charge in [-0.15, -0.1) is 0 Å². The molecule has 96 valence electrons. The van der Waals surface area contributed by atoms with Crippen LogP contribution in [-0.2, 0) is 0 Å². The van der Waals surface area contributed by atoms with Crippen molar-refractivity contribution in [1.29, 1.82) is 0 Å². The van der Waals surface area contributed by atoms with Gasteiger partial charge >= 0.3 is 0 Å². The lowest BCUT2D eigenvalue weighted by molar-refractivity contribution is 0.361. The molecular weight excluding hydrogens is 226 g/mol. The van der Waals surface area contributed by atoms with Crippen LogP contribution in [0.5, 0.6) is 0 Å². The first-order valence-electron chi connectivity index (χ1n) is 6.36. The summed E-state index contributed by atoms with van der Waals surface area (Å²) >= 11 is 0. The molecule has 2 atom stereocenters. The van der Waals surface area contributed by atoms with Crippen molar-refractivity contribution in [3.8, 4) is 0 Å². The molecule has 4 nitrogen and oxygen atoms in total. The summed E-state index contributed by atoms with van der Waals surface area (Å²) in [4.78, 5) is 4.40. The van der Waals surface area contributed by atoms with Gasteiger partial charge in [-0.1, -0.05) is 48.8 Å². The average Bonchev–Trinajstić information content (AvgIpc) is 2.89. The van der Waals surface area contributed by atoms with E-state index in [2.05, 4.69) is 36.1 Å². The molecule has 0 amide bonds. The monoisotopic (exact) mass is 245 g/mol. The number of hydrogen-bond acceptors (Lipinski definition) is 4. The molecule has 1 aromatic heterocycles. The van der Waals surface area contributed by atoms with Crippen molar-refractivity contribution in [3.63, 3.8) is 0 Å². The molecule has 1 heterocycles. The highest BCUT2D eigenvalue weighted by molar-refractivity contribution is 5.23. The van der Waals surface area contributed by atoms with Crippen LogP contribution in [0.4, 0.5) is 0 Å². The molecule has 0 saturated heterocycles. The summed E-state index contributed by atoms with van der Waals surface area (Å²) in [5, 5.41) is 3.97. The zero-order chi connectivity index (χ0) is 13.0. The standard InChI is InChI=1S/C14H19N3O/c1-3-7-12(15)13-16-14(18-17-13)10(2)11-8-5-4-6-9-11/h4-6,8-10,12H,3,7,15H2,1-2H3. The van der Waals surface area contributed by atoms with E-state index in [1.54, 1.807) is 0 Å². The zero-order valence-electron chi connectivity index (χ0n) is 10.8. The Morgan fingerprint density at radius 3 is 2.67 bits per heavy atom. The van der Waals surface area contributed by atoms with Crippen LogP contribution in [0.1, 0.15) is 55.9 Å². The van der Waals surface area contributed by atoms with Crippen LogP contribution in [0.3, 0.4) is 0 Å². The van der Waals surface area contributed by atoms with Crippen LogP contribution in [0.2, 0.25) is 0 Å². The molecule has 0 aliphatic carbocycles. The van der Waals surface area contributed by atoms with E-state index in [0.717, 1.165) is 18.4 Å². The summed E-state index contributed by atoms with van der Waals surface area (Å²) in [6.07, 6.45) is 1.89. The summed E-state index contributed by atoms with van der Waals surface area (Å²) in [6, 6.07) is 9.99. The van der Waals surface area contributed by atoms with Crippen LogP contribution < -0.4 is 5.73 Å². The minimum atomic E-state index is -0.129. The third kappa shape index (κ3) is 2.76. The van der Waals surface area contributed by atoms with Crippen LogP contribution in [0, 0.1) is 0 Å². The van der Waals surface area contributed by atoms with Crippen molar-refractivity contribution < 1.29 is 4.52 Å². The van der Waals surface area contributed by atoms with Gasteiger partial charge in [-0.25, -0.2) is 0 Å². The van der Waals surface area contributed by atoms with Gasteiger partial charge in [-0.2, -0.15) is 4.98 Å². The molecule has 0 bridgehead atoms. The maximum Gasteiger partial charge on any atom is 0.233 e. The van der Waals surface area contributed by atoms with Gasteiger partial charge < -0.3 is 10.3 Å². The van der Waals surface area contributed by atoms with Gasteiger partial charge in [-0.05, 0) is 18.9 Å². The predicted molar refractivity (Wildman–Crippen MR) is 70.1 cm³/mol. The van der Waals surface area contributed by atoms with Crippen LogP contribution in [-0.4, -0.2) is 10.1 Å². The molecule has 0 radical (unpaired) electrons. The molecule has 0 saturated carbocycles. The minimum absolute atomic E-state index is 0.0984. The van der Waals surface area contributed by atoms with Crippen LogP contribution in [0.15, 0.2) is 34.9 Å². The molecule has 2 N–H and O–H groups in total. The smallest absolute Gasteiger partial charge is 0.233 e. The van der Waals surface area contributed by atoms with E-state index in [0.29, 0.717) is 11.7 Å². The van der Waals surface area contributed by atoms with E-state index in [-0.39, 0.29) is 12.0 Å². The lowest BCUT2D eigenvalue weighted by atomic mass is 10.0. The number of rotatable bonds is 5. The SMILES string of the molecule is CCCC(N)c1noc(C(C)c2ccccc2)n1. The van der Waals surface area contributed by atoms with E-state index in [9.17, 15) is 0 Å². The molecule has 2 rings (SSSR count). The highest BCUT2D eigenvalue weighted by Gasteiger charge is 2.18. The first-order chi connectivity index (χ1) is 8.72. The maximum atomic E-state index is 5.97. The van der Waals surface area contributed by atoms with Crippen LogP contribution in [0.25, 0.3) is 0 Å². The second-order valence-electron chi connectivity index (χ2n) is 4.52. The second kappa shape index (κ2) is 5.78. The predicted octanol–water partition coefficient (Wildman–Crippen LogP) is 3.02. The first-order valence-corrected chi connectivity index (χ1v) is 6.36. The van der Waals surface area contributed by atoms with Crippen molar-refractivity contribution in [3.05, 3.63) is 47.6 Å². The van der Waals surface area contributed by atoms with Gasteiger partial charge in [0.15, 0.2) is 5.82 Å². The van der Waals surface area contributed by atoms with Gasteiger partial charge in [0.05, 0.1) is 12.0 Å². The molecular formula is C14H19N3O. The lowest BCUT2D eigenvalue weighted by Gasteiger charge is -2.06. The molecule has 1 aromatic carbocycles. The normalized spacial score (nSPS) is 14.4. The number of nitrogens with two attached hydrogens (primary N) is 1. The fraction of sp³-hybridized carbons (Fsp3) is 0.429. The van der Waals surface area contributed by atoms with E-state index in [1.807, 2.05) is 18.2 Å². The number of aromatic nitrogens is 2. The Morgan fingerprint density at radius 2 is 2.00 bits per heavy atom. The fourth-order valence-electron chi connectivity index (χ4n) is 1.90. The first kappa shape index (κ1) is 12.8.